The van der Waals surface area contributed by atoms with E-state index in [0.717, 1.165) is 25.0 Å². The van der Waals surface area contributed by atoms with Crippen molar-refractivity contribution in [3.05, 3.63) is 23.8 Å². The van der Waals surface area contributed by atoms with Gasteiger partial charge in [0.05, 0.1) is 26.7 Å². The maximum atomic E-state index is 12.6. The molecule has 0 bridgehead atoms. The number of hydrogen-bond acceptors (Lipinski definition) is 5. The number of methoxy groups -OCH3 is 2. The van der Waals surface area contributed by atoms with E-state index in [-0.39, 0.29) is 23.8 Å². The Kier molecular flexibility index (Phi) is 7.14. The molecule has 0 saturated carbocycles. The molecule has 2 heterocycles. The molecule has 7 heteroatoms. The fraction of sp³-hybridized carbons (Fsp3) is 0.619. The second kappa shape index (κ2) is 9.78. The fourth-order valence-corrected chi connectivity index (χ4v) is 3.83. The van der Waals surface area contributed by atoms with Crippen molar-refractivity contribution in [1.82, 2.24) is 10.2 Å². The third kappa shape index (κ3) is 5.16. The van der Waals surface area contributed by atoms with Crippen molar-refractivity contribution in [2.75, 3.05) is 40.5 Å². The minimum atomic E-state index is -0.0217. The molecule has 1 N–H and O–H groups in total. The number of hydrogen-bond donors (Lipinski definition) is 1. The lowest BCUT2D eigenvalue weighted by molar-refractivity contribution is -0.135. The Bertz CT molecular complexity index is 679. The molecular formula is C21H30N2O5. The zero-order valence-corrected chi connectivity index (χ0v) is 16.7. The summed E-state index contributed by atoms with van der Waals surface area (Å²) in [6.07, 6.45) is 3.97. The molecule has 1 aromatic rings. The Balaban J connectivity index is 1.45. The van der Waals surface area contributed by atoms with E-state index in [0.29, 0.717) is 50.4 Å². The van der Waals surface area contributed by atoms with Gasteiger partial charge in [0, 0.05) is 32.2 Å². The number of nitrogens with one attached hydrogen (secondary N) is 1. The van der Waals surface area contributed by atoms with Crippen LogP contribution in [0.4, 0.5) is 0 Å². The zero-order valence-electron chi connectivity index (χ0n) is 16.7. The lowest BCUT2D eigenvalue weighted by atomic mass is 9.95. The summed E-state index contributed by atoms with van der Waals surface area (Å²) in [5.74, 6) is 1.41. The van der Waals surface area contributed by atoms with Gasteiger partial charge in [0.15, 0.2) is 11.5 Å². The van der Waals surface area contributed by atoms with Crippen molar-refractivity contribution in [2.45, 2.75) is 38.2 Å². The van der Waals surface area contributed by atoms with Gasteiger partial charge in [0.2, 0.25) is 11.8 Å². The lowest BCUT2D eigenvalue weighted by Gasteiger charge is -2.31. The second-order valence-corrected chi connectivity index (χ2v) is 7.40. The van der Waals surface area contributed by atoms with Crippen LogP contribution in [-0.2, 0) is 20.7 Å². The van der Waals surface area contributed by atoms with Gasteiger partial charge in [-0.3, -0.25) is 9.59 Å². The van der Waals surface area contributed by atoms with Crippen molar-refractivity contribution < 1.29 is 23.8 Å². The van der Waals surface area contributed by atoms with Gasteiger partial charge in [-0.15, -0.1) is 0 Å². The highest BCUT2D eigenvalue weighted by atomic mass is 16.5. The molecule has 0 spiro atoms. The van der Waals surface area contributed by atoms with Gasteiger partial charge in [-0.05, 0) is 43.4 Å². The molecule has 0 aromatic heterocycles. The van der Waals surface area contributed by atoms with E-state index in [9.17, 15) is 9.59 Å². The van der Waals surface area contributed by atoms with Gasteiger partial charge in [0.25, 0.3) is 0 Å². The highest BCUT2D eigenvalue weighted by Crippen LogP contribution is 2.28. The predicted molar refractivity (Wildman–Crippen MR) is 105 cm³/mol. The molecule has 1 aromatic carbocycles. The Morgan fingerprint density at radius 2 is 1.89 bits per heavy atom. The summed E-state index contributed by atoms with van der Waals surface area (Å²) in [4.78, 5) is 26.8. The van der Waals surface area contributed by atoms with E-state index in [2.05, 4.69) is 5.32 Å². The molecule has 154 valence electrons. The quantitative estimate of drug-likeness (QED) is 0.768. The fourth-order valence-electron chi connectivity index (χ4n) is 3.83. The second-order valence-electron chi connectivity index (χ2n) is 7.40. The van der Waals surface area contributed by atoms with Crippen LogP contribution in [0.2, 0.25) is 0 Å². The molecule has 1 unspecified atom stereocenters. The first-order valence-corrected chi connectivity index (χ1v) is 9.98. The summed E-state index contributed by atoms with van der Waals surface area (Å²) in [6.45, 7) is 2.62. The van der Waals surface area contributed by atoms with Gasteiger partial charge in [0.1, 0.15) is 0 Å². The van der Waals surface area contributed by atoms with Crippen LogP contribution in [0, 0.1) is 5.92 Å². The number of amides is 2. The van der Waals surface area contributed by atoms with Crippen LogP contribution in [-0.4, -0.2) is 63.3 Å². The topological polar surface area (TPSA) is 77.1 Å². The standard InChI is InChI=1S/C21H30N2O5/c1-26-18-6-5-15(12-19(18)27-2)13-20(24)23-9-7-16(8-10-23)21(25)22-14-17-4-3-11-28-17/h5-6,12,16-17H,3-4,7-11,13-14H2,1-2H3,(H,22,25). The van der Waals surface area contributed by atoms with Crippen molar-refractivity contribution in [1.29, 1.82) is 0 Å². The largest absolute Gasteiger partial charge is 0.493 e. The number of carbonyl (C=O) groups is 2. The average Bonchev–Trinajstić information content (AvgIpc) is 3.25. The number of carbonyl (C=O) groups excluding carboxylic acids is 2. The van der Waals surface area contributed by atoms with E-state index in [4.69, 9.17) is 14.2 Å². The number of ether oxygens (including phenoxy) is 3. The van der Waals surface area contributed by atoms with Crippen LogP contribution in [0.25, 0.3) is 0 Å². The molecular weight excluding hydrogens is 360 g/mol. The summed E-state index contributed by atoms with van der Waals surface area (Å²) in [5, 5.41) is 3.01. The van der Waals surface area contributed by atoms with Gasteiger partial charge >= 0.3 is 0 Å². The molecule has 3 rings (SSSR count). The number of rotatable bonds is 7. The first-order chi connectivity index (χ1) is 13.6. The highest BCUT2D eigenvalue weighted by molar-refractivity contribution is 5.81. The number of nitrogens with zero attached hydrogens (tertiary/aromatic N) is 1. The lowest BCUT2D eigenvalue weighted by Crippen LogP contribution is -2.44. The number of piperidine rings is 1. The van der Waals surface area contributed by atoms with Gasteiger partial charge < -0.3 is 24.4 Å². The van der Waals surface area contributed by atoms with E-state index in [1.165, 1.54) is 0 Å². The molecule has 2 fully saturated rings. The summed E-state index contributed by atoms with van der Waals surface area (Å²) in [7, 11) is 3.17. The van der Waals surface area contributed by atoms with Crippen LogP contribution < -0.4 is 14.8 Å². The monoisotopic (exact) mass is 390 g/mol. The number of benzene rings is 1. The predicted octanol–water partition coefficient (Wildman–Crippen LogP) is 1.78. The maximum absolute atomic E-state index is 12.6. The van der Waals surface area contributed by atoms with E-state index >= 15 is 0 Å². The van der Waals surface area contributed by atoms with Crippen LogP contribution in [0.3, 0.4) is 0 Å². The van der Waals surface area contributed by atoms with Crippen molar-refractivity contribution in [3.63, 3.8) is 0 Å². The first kappa shape index (κ1) is 20.5. The Labute approximate surface area is 166 Å². The first-order valence-electron chi connectivity index (χ1n) is 9.98. The third-order valence-corrected chi connectivity index (χ3v) is 5.55. The van der Waals surface area contributed by atoms with Gasteiger partial charge in [-0.1, -0.05) is 6.07 Å². The molecule has 2 aliphatic rings. The Morgan fingerprint density at radius 3 is 2.54 bits per heavy atom. The molecule has 0 radical (unpaired) electrons. The van der Waals surface area contributed by atoms with Crippen LogP contribution in [0.1, 0.15) is 31.2 Å². The van der Waals surface area contributed by atoms with Crippen LogP contribution in [0.5, 0.6) is 11.5 Å². The molecule has 2 aliphatic heterocycles. The smallest absolute Gasteiger partial charge is 0.226 e. The van der Waals surface area contributed by atoms with Crippen molar-refractivity contribution in [3.8, 4) is 11.5 Å². The van der Waals surface area contributed by atoms with E-state index < -0.39 is 0 Å². The number of likely N-dealkylation sites (tertiary alicyclic amines) is 1. The minimum Gasteiger partial charge on any atom is -0.493 e. The van der Waals surface area contributed by atoms with Crippen LogP contribution >= 0.6 is 0 Å². The van der Waals surface area contributed by atoms with E-state index in [1.54, 1.807) is 14.2 Å². The Hall–Kier alpha value is -2.28. The molecule has 0 aliphatic carbocycles. The van der Waals surface area contributed by atoms with Crippen molar-refractivity contribution in [2.24, 2.45) is 5.92 Å². The summed E-state index contributed by atoms with van der Waals surface area (Å²) < 4.78 is 16.1. The summed E-state index contributed by atoms with van der Waals surface area (Å²) >= 11 is 0. The molecule has 2 saturated heterocycles. The molecule has 2 amide bonds. The SMILES string of the molecule is COc1ccc(CC(=O)N2CCC(C(=O)NCC3CCCO3)CC2)cc1OC. The Morgan fingerprint density at radius 1 is 1.14 bits per heavy atom. The molecule has 1 atom stereocenters. The third-order valence-electron chi connectivity index (χ3n) is 5.55. The normalized spacial score (nSPS) is 20.1. The summed E-state index contributed by atoms with van der Waals surface area (Å²) in [5.41, 5.74) is 0.888. The van der Waals surface area contributed by atoms with Gasteiger partial charge in [-0.2, -0.15) is 0 Å². The van der Waals surface area contributed by atoms with Crippen LogP contribution in [0.15, 0.2) is 18.2 Å². The zero-order chi connectivity index (χ0) is 19.9. The van der Waals surface area contributed by atoms with E-state index in [1.807, 2.05) is 23.1 Å². The van der Waals surface area contributed by atoms with Crippen molar-refractivity contribution >= 4 is 11.8 Å². The molecule has 7 nitrogen and oxygen atoms in total. The molecule has 28 heavy (non-hydrogen) atoms. The minimum absolute atomic E-state index is 0.0217. The van der Waals surface area contributed by atoms with Gasteiger partial charge in [-0.25, -0.2) is 0 Å². The average molecular weight is 390 g/mol. The highest BCUT2D eigenvalue weighted by Gasteiger charge is 2.28. The maximum Gasteiger partial charge on any atom is 0.226 e. The summed E-state index contributed by atoms with van der Waals surface area (Å²) in [6, 6.07) is 5.53.